The summed E-state index contributed by atoms with van der Waals surface area (Å²) < 4.78 is 5.11. The highest BCUT2D eigenvalue weighted by molar-refractivity contribution is 5.92. The summed E-state index contributed by atoms with van der Waals surface area (Å²) in [6, 6.07) is 4.10. The summed E-state index contributed by atoms with van der Waals surface area (Å²) in [6.45, 7) is 1.75. The highest BCUT2D eigenvalue weighted by Crippen LogP contribution is 2.14. The van der Waals surface area contributed by atoms with E-state index in [0.29, 0.717) is 22.5 Å². The molecule has 2 amide bonds. The Balaban J connectivity index is 1.74. The fraction of sp³-hybridized carbons (Fsp3) is 0.143. The number of anilines is 1. The van der Waals surface area contributed by atoms with E-state index in [9.17, 15) is 9.59 Å². The van der Waals surface area contributed by atoms with Crippen LogP contribution in [0.25, 0.3) is 10.9 Å². The maximum atomic E-state index is 11.9. The number of nitrogens with one attached hydrogen (secondary N) is 3. The summed E-state index contributed by atoms with van der Waals surface area (Å²) in [5.74, 6) is 0.411. The highest BCUT2D eigenvalue weighted by atomic mass is 16.3. The first-order valence-electron chi connectivity index (χ1n) is 6.58. The molecule has 22 heavy (non-hydrogen) atoms. The Morgan fingerprint density at radius 2 is 2.23 bits per heavy atom. The van der Waals surface area contributed by atoms with Crippen molar-refractivity contribution in [2.45, 2.75) is 13.0 Å². The first-order chi connectivity index (χ1) is 10.6. The van der Waals surface area contributed by atoms with Crippen molar-refractivity contribution in [3.05, 3.63) is 53.2 Å². The molecule has 0 saturated carbocycles. The van der Waals surface area contributed by atoms with Gasteiger partial charge in [0, 0.05) is 5.69 Å². The van der Waals surface area contributed by atoms with Crippen molar-refractivity contribution in [1.29, 1.82) is 0 Å². The second-order valence-electron chi connectivity index (χ2n) is 4.65. The largest absolute Gasteiger partial charge is 0.447 e. The number of aromatic amines is 1. The van der Waals surface area contributed by atoms with Crippen molar-refractivity contribution >= 4 is 22.6 Å². The second kappa shape index (κ2) is 5.68. The summed E-state index contributed by atoms with van der Waals surface area (Å²) in [5, 5.41) is 5.74. The van der Waals surface area contributed by atoms with Gasteiger partial charge in [-0.2, -0.15) is 0 Å². The van der Waals surface area contributed by atoms with Crippen LogP contribution in [0, 0.1) is 0 Å². The average Bonchev–Trinajstić information content (AvgIpc) is 3.02. The number of carbonyl (C=O) groups is 1. The number of hydrogen-bond acceptors (Lipinski definition) is 5. The zero-order valence-corrected chi connectivity index (χ0v) is 11.7. The van der Waals surface area contributed by atoms with E-state index in [1.54, 1.807) is 25.1 Å². The smallest absolute Gasteiger partial charge is 0.319 e. The van der Waals surface area contributed by atoms with Crippen LogP contribution in [-0.2, 0) is 0 Å². The lowest BCUT2D eigenvalue weighted by molar-refractivity contribution is 0.247. The maximum absolute atomic E-state index is 11.9. The molecule has 2 aromatic heterocycles. The molecule has 0 saturated heterocycles. The van der Waals surface area contributed by atoms with Gasteiger partial charge in [-0.3, -0.25) is 4.79 Å². The number of fused-ring (bicyclic) bond motifs is 1. The number of rotatable bonds is 3. The van der Waals surface area contributed by atoms with E-state index in [2.05, 4.69) is 25.6 Å². The lowest BCUT2D eigenvalue weighted by Crippen LogP contribution is -2.31. The molecule has 0 aliphatic heterocycles. The molecule has 3 aromatic rings. The van der Waals surface area contributed by atoms with Gasteiger partial charge < -0.3 is 20.0 Å². The Kier molecular flexibility index (Phi) is 3.57. The molecule has 0 bridgehead atoms. The third-order valence-corrected chi connectivity index (χ3v) is 3.07. The summed E-state index contributed by atoms with van der Waals surface area (Å²) >= 11 is 0. The van der Waals surface area contributed by atoms with E-state index in [-0.39, 0.29) is 11.6 Å². The molecule has 1 unspecified atom stereocenters. The van der Waals surface area contributed by atoms with E-state index in [1.807, 2.05) is 0 Å². The number of hydrogen-bond donors (Lipinski definition) is 3. The minimum Gasteiger partial charge on any atom is -0.447 e. The molecule has 112 valence electrons. The third-order valence-electron chi connectivity index (χ3n) is 3.07. The van der Waals surface area contributed by atoms with Gasteiger partial charge in [-0.25, -0.2) is 14.8 Å². The van der Waals surface area contributed by atoms with Crippen LogP contribution in [-0.4, -0.2) is 21.0 Å². The molecule has 1 aromatic carbocycles. The Morgan fingerprint density at radius 3 is 3.00 bits per heavy atom. The SMILES string of the molecule is CC(NC(=O)Nc1ccc2nc[nH]c(=O)c2c1)c1ncco1. The molecule has 3 rings (SSSR count). The van der Waals surface area contributed by atoms with Crippen LogP contribution in [0.1, 0.15) is 18.9 Å². The monoisotopic (exact) mass is 299 g/mol. The van der Waals surface area contributed by atoms with Crippen molar-refractivity contribution in [1.82, 2.24) is 20.3 Å². The van der Waals surface area contributed by atoms with Crippen molar-refractivity contribution in [2.24, 2.45) is 0 Å². The number of aromatic nitrogens is 3. The van der Waals surface area contributed by atoms with Gasteiger partial charge in [0.05, 0.1) is 23.4 Å². The summed E-state index contributed by atoms with van der Waals surface area (Å²) in [5.41, 5.74) is 0.785. The molecule has 8 heteroatoms. The van der Waals surface area contributed by atoms with Crippen molar-refractivity contribution in [3.63, 3.8) is 0 Å². The number of urea groups is 1. The lowest BCUT2D eigenvalue weighted by atomic mass is 10.2. The summed E-state index contributed by atoms with van der Waals surface area (Å²) in [4.78, 5) is 34.1. The van der Waals surface area contributed by atoms with Crippen LogP contribution in [0.5, 0.6) is 0 Å². The molecular formula is C14H13N5O3. The van der Waals surface area contributed by atoms with Gasteiger partial charge in [-0.1, -0.05) is 0 Å². The fourth-order valence-electron chi connectivity index (χ4n) is 2.02. The number of benzene rings is 1. The van der Waals surface area contributed by atoms with E-state index >= 15 is 0 Å². The van der Waals surface area contributed by atoms with Gasteiger partial charge in [0.2, 0.25) is 5.89 Å². The van der Waals surface area contributed by atoms with Crippen LogP contribution in [0.2, 0.25) is 0 Å². The average molecular weight is 299 g/mol. The standard InChI is InChI=1S/C14H13N5O3/c1-8(13-15-4-5-22-13)18-14(21)19-9-2-3-11-10(6-9)12(20)17-7-16-11/h2-8H,1H3,(H,16,17,20)(H2,18,19,21). The van der Waals surface area contributed by atoms with Gasteiger partial charge in [-0.05, 0) is 25.1 Å². The first-order valence-corrected chi connectivity index (χ1v) is 6.58. The number of H-pyrrole nitrogens is 1. The van der Waals surface area contributed by atoms with Crippen molar-refractivity contribution in [3.8, 4) is 0 Å². The van der Waals surface area contributed by atoms with Gasteiger partial charge >= 0.3 is 6.03 Å². The van der Waals surface area contributed by atoms with Crippen LogP contribution in [0.4, 0.5) is 10.5 Å². The van der Waals surface area contributed by atoms with Crippen LogP contribution < -0.4 is 16.2 Å². The first kappa shape index (κ1) is 13.8. The Bertz CT molecular complexity index is 856. The summed E-state index contributed by atoms with van der Waals surface area (Å²) in [6.07, 6.45) is 4.28. The molecule has 0 radical (unpaired) electrons. The fourth-order valence-corrected chi connectivity index (χ4v) is 2.02. The van der Waals surface area contributed by atoms with E-state index < -0.39 is 6.03 Å². The Morgan fingerprint density at radius 1 is 1.36 bits per heavy atom. The minimum absolute atomic E-state index is 0.262. The van der Waals surface area contributed by atoms with Crippen molar-refractivity contribution in [2.75, 3.05) is 5.32 Å². The molecule has 0 fully saturated rings. The normalized spacial score (nSPS) is 12.0. The molecular weight excluding hydrogens is 286 g/mol. The molecule has 2 heterocycles. The van der Waals surface area contributed by atoms with E-state index in [4.69, 9.17) is 4.42 Å². The molecule has 8 nitrogen and oxygen atoms in total. The van der Waals surface area contributed by atoms with Crippen LogP contribution in [0.3, 0.4) is 0 Å². The lowest BCUT2D eigenvalue weighted by Gasteiger charge is -2.11. The summed E-state index contributed by atoms with van der Waals surface area (Å²) in [7, 11) is 0. The quantitative estimate of drug-likeness (QED) is 0.682. The van der Waals surface area contributed by atoms with Gasteiger partial charge in [-0.15, -0.1) is 0 Å². The van der Waals surface area contributed by atoms with Gasteiger partial charge in [0.25, 0.3) is 5.56 Å². The Hall–Kier alpha value is -3.16. The third kappa shape index (κ3) is 2.80. The molecule has 1 atom stereocenters. The molecule has 0 aliphatic rings. The highest BCUT2D eigenvalue weighted by Gasteiger charge is 2.13. The number of carbonyl (C=O) groups excluding carboxylic acids is 1. The molecule has 3 N–H and O–H groups in total. The van der Waals surface area contributed by atoms with Gasteiger partial charge in [0.15, 0.2) is 0 Å². The number of oxazole rings is 1. The zero-order chi connectivity index (χ0) is 15.5. The maximum Gasteiger partial charge on any atom is 0.319 e. The topological polar surface area (TPSA) is 113 Å². The predicted octanol–water partition coefficient (Wildman–Crippen LogP) is 1.79. The van der Waals surface area contributed by atoms with E-state index in [0.717, 1.165) is 0 Å². The van der Waals surface area contributed by atoms with Crippen molar-refractivity contribution < 1.29 is 9.21 Å². The number of nitrogens with zero attached hydrogens (tertiary/aromatic N) is 2. The van der Waals surface area contributed by atoms with Crippen LogP contribution in [0.15, 0.2) is 46.2 Å². The van der Waals surface area contributed by atoms with Gasteiger partial charge in [0.1, 0.15) is 12.3 Å². The van der Waals surface area contributed by atoms with E-state index in [1.165, 1.54) is 18.8 Å². The minimum atomic E-state index is -0.426. The van der Waals surface area contributed by atoms with Crippen LogP contribution >= 0.6 is 0 Å². The zero-order valence-electron chi connectivity index (χ0n) is 11.7. The second-order valence-corrected chi connectivity index (χ2v) is 4.65. The predicted molar refractivity (Wildman–Crippen MR) is 79.4 cm³/mol. The molecule has 0 aliphatic carbocycles. The Labute approximate surface area is 124 Å². The number of amides is 2. The molecule has 0 spiro atoms.